The van der Waals surface area contributed by atoms with Crippen molar-refractivity contribution in [2.45, 2.75) is 62.5 Å². The molecule has 0 amide bonds. The maximum atomic E-state index is 6.01. The van der Waals surface area contributed by atoms with E-state index in [1.54, 1.807) is 7.11 Å². The molecule has 0 radical (unpaired) electrons. The molecular formula is C12H23BrO2. The Labute approximate surface area is 102 Å². The van der Waals surface area contributed by atoms with Crippen molar-refractivity contribution >= 4 is 15.9 Å². The zero-order valence-electron chi connectivity index (χ0n) is 9.88. The molecule has 0 heterocycles. The second-order valence-corrected chi connectivity index (χ2v) is 5.62. The molecule has 1 saturated carbocycles. The lowest BCUT2D eigenvalue weighted by atomic mass is 9.98. The van der Waals surface area contributed by atoms with Crippen molar-refractivity contribution < 1.29 is 9.47 Å². The summed E-state index contributed by atoms with van der Waals surface area (Å²) in [6.07, 6.45) is 8.37. The topological polar surface area (TPSA) is 18.5 Å². The Kier molecular flexibility index (Phi) is 6.86. The van der Waals surface area contributed by atoms with Gasteiger partial charge < -0.3 is 9.47 Å². The van der Waals surface area contributed by atoms with E-state index in [0.29, 0.717) is 17.5 Å². The van der Waals surface area contributed by atoms with Gasteiger partial charge in [-0.1, -0.05) is 41.6 Å². The van der Waals surface area contributed by atoms with Crippen molar-refractivity contribution in [3.63, 3.8) is 0 Å². The fraction of sp³-hybridized carbons (Fsp3) is 1.00. The minimum atomic E-state index is 0.208. The maximum Gasteiger partial charge on any atom is 0.0784 e. The number of hydrogen-bond acceptors (Lipinski definition) is 2. The van der Waals surface area contributed by atoms with Crippen LogP contribution in [-0.4, -0.2) is 30.8 Å². The molecule has 90 valence electrons. The van der Waals surface area contributed by atoms with E-state index in [2.05, 4.69) is 22.9 Å². The van der Waals surface area contributed by atoms with Crippen molar-refractivity contribution in [2.75, 3.05) is 13.7 Å². The lowest BCUT2D eigenvalue weighted by Gasteiger charge is -2.28. The van der Waals surface area contributed by atoms with Crippen molar-refractivity contribution in [1.29, 1.82) is 0 Å². The normalized spacial score (nSPS) is 30.6. The van der Waals surface area contributed by atoms with E-state index >= 15 is 0 Å². The molecule has 3 heteroatoms. The first-order valence-corrected chi connectivity index (χ1v) is 6.94. The number of halogens is 1. The van der Waals surface area contributed by atoms with Gasteiger partial charge in [0.2, 0.25) is 0 Å². The third-order valence-electron chi connectivity index (χ3n) is 2.93. The number of alkyl halides is 1. The van der Waals surface area contributed by atoms with Gasteiger partial charge in [0.15, 0.2) is 0 Å². The Morgan fingerprint density at radius 3 is 2.53 bits per heavy atom. The second kappa shape index (κ2) is 7.64. The zero-order valence-corrected chi connectivity index (χ0v) is 11.5. The highest BCUT2D eigenvalue weighted by Crippen LogP contribution is 2.26. The van der Waals surface area contributed by atoms with E-state index < -0.39 is 0 Å². The van der Waals surface area contributed by atoms with Crippen LogP contribution in [0.4, 0.5) is 0 Å². The van der Waals surface area contributed by atoms with Crippen LogP contribution in [0.25, 0.3) is 0 Å². The molecule has 0 bridgehead atoms. The molecule has 1 aliphatic rings. The fourth-order valence-electron chi connectivity index (χ4n) is 2.13. The van der Waals surface area contributed by atoms with Crippen LogP contribution in [-0.2, 0) is 9.47 Å². The van der Waals surface area contributed by atoms with Crippen LogP contribution in [0, 0.1) is 0 Å². The fourth-order valence-corrected chi connectivity index (χ4v) is 2.84. The quantitative estimate of drug-likeness (QED) is 0.733. The van der Waals surface area contributed by atoms with Gasteiger partial charge in [-0.15, -0.1) is 0 Å². The largest absolute Gasteiger partial charge is 0.382 e. The van der Waals surface area contributed by atoms with E-state index in [-0.39, 0.29) is 6.10 Å². The molecule has 3 atom stereocenters. The van der Waals surface area contributed by atoms with E-state index in [1.165, 1.54) is 38.5 Å². The maximum absolute atomic E-state index is 6.01. The molecule has 0 aromatic rings. The highest BCUT2D eigenvalue weighted by molar-refractivity contribution is 9.09. The van der Waals surface area contributed by atoms with Crippen molar-refractivity contribution in [3.05, 3.63) is 0 Å². The monoisotopic (exact) mass is 278 g/mol. The highest BCUT2D eigenvalue weighted by atomic mass is 79.9. The summed E-state index contributed by atoms with van der Waals surface area (Å²) >= 11 is 3.75. The zero-order chi connectivity index (χ0) is 11.1. The third kappa shape index (κ3) is 5.32. The van der Waals surface area contributed by atoms with Crippen molar-refractivity contribution in [1.82, 2.24) is 0 Å². The summed E-state index contributed by atoms with van der Waals surface area (Å²) in [7, 11) is 1.73. The first-order chi connectivity index (χ1) is 7.24. The Bertz CT molecular complexity index is 164. The summed E-state index contributed by atoms with van der Waals surface area (Å²) in [6.45, 7) is 2.78. The van der Waals surface area contributed by atoms with Gasteiger partial charge in [-0.25, -0.2) is 0 Å². The van der Waals surface area contributed by atoms with Gasteiger partial charge in [-0.2, -0.15) is 0 Å². The summed E-state index contributed by atoms with van der Waals surface area (Å²) in [6, 6.07) is 0. The summed E-state index contributed by atoms with van der Waals surface area (Å²) < 4.78 is 11.1. The molecule has 3 unspecified atom stereocenters. The molecule has 0 aliphatic heterocycles. The lowest BCUT2D eigenvalue weighted by Crippen LogP contribution is -2.31. The average Bonchev–Trinajstić information content (AvgIpc) is 2.18. The summed E-state index contributed by atoms with van der Waals surface area (Å²) in [5.74, 6) is 0. The average molecular weight is 279 g/mol. The minimum Gasteiger partial charge on any atom is -0.382 e. The van der Waals surface area contributed by atoms with E-state index in [9.17, 15) is 0 Å². The van der Waals surface area contributed by atoms with Gasteiger partial charge in [-0.05, 0) is 19.8 Å². The summed E-state index contributed by atoms with van der Waals surface area (Å²) in [4.78, 5) is 0.525. The third-order valence-corrected chi connectivity index (χ3v) is 3.98. The van der Waals surface area contributed by atoms with E-state index in [4.69, 9.17) is 9.47 Å². The van der Waals surface area contributed by atoms with E-state index in [0.717, 1.165) is 0 Å². The van der Waals surface area contributed by atoms with Crippen LogP contribution < -0.4 is 0 Å². The predicted octanol–water partition coefficient (Wildman–Crippen LogP) is 3.52. The minimum absolute atomic E-state index is 0.208. The number of rotatable bonds is 4. The van der Waals surface area contributed by atoms with Crippen LogP contribution in [0.5, 0.6) is 0 Å². The Balaban J connectivity index is 2.34. The highest BCUT2D eigenvalue weighted by Gasteiger charge is 2.22. The summed E-state index contributed by atoms with van der Waals surface area (Å²) in [5.41, 5.74) is 0. The van der Waals surface area contributed by atoms with Gasteiger partial charge in [0.1, 0.15) is 0 Å². The smallest absolute Gasteiger partial charge is 0.0784 e. The molecule has 2 nitrogen and oxygen atoms in total. The molecule has 1 rings (SSSR count). The van der Waals surface area contributed by atoms with Crippen LogP contribution in [0.2, 0.25) is 0 Å². The first-order valence-electron chi connectivity index (χ1n) is 6.02. The van der Waals surface area contributed by atoms with Gasteiger partial charge in [0.25, 0.3) is 0 Å². The standard InChI is InChI=1S/C12H23BrO2/c1-10(9-14-2)15-12-8-6-4-3-5-7-11(12)13/h10-12H,3-9H2,1-2H3. The van der Waals surface area contributed by atoms with Crippen molar-refractivity contribution in [2.24, 2.45) is 0 Å². The molecule has 0 aromatic heterocycles. The van der Waals surface area contributed by atoms with Gasteiger partial charge in [-0.3, -0.25) is 0 Å². The van der Waals surface area contributed by atoms with Gasteiger partial charge in [0.05, 0.1) is 18.8 Å². The van der Waals surface area contributed by atoms with Crippen LogP contribution in [0.1, 0.15) is 45.4 Å². The first kappa shape index (κ1) is 13.5. The number of ether oxygens (including phenoxy) is 2. The Morgan fingerprint density at radius 1 is 1.20 bits per heavy atom. The van der Waals surface area contributed by atoms with Crippen LogP contribution in [0.15, 0.2) is 0 Å². The Morgan fingerprint density at radius 2 is 1.87 bits per heavy atom. The van der Waals surface area contributed by atoms with Crippen molar-refractivity contribution in [3.8, 4) is 0 Å². The van der Waals surface area contributed by atoms with Gasteiger partial charge >= 0.3 is 0 Å². The van der Waals surface area contributed by atoms with E-state index in [1.807, 2.05) is 0 Å². The van der Waals surface area contributed by atoms with Gasteiger partial charge in [0, 0.05) is 11.9 Å². The molecule has 0 spiro atoms. The number of hydrogen-bond donors (Lipinski definition) is 0. The summed E-state index contributed by atoms with van der Waals surface area (Å²) in [5, 5.41) is 0. The molecular weight excluding hydrogens is 256 g/mol. The lowest BCUT2D eigenvalue weighted by molar-refractivity contribution is -0.0442. The van der Waals surface area contributed by atoms with Crippen LogP contribution >= 0.6 is 15.9 Å². The molecule has 0 saturated heterocycles. The SMILES string of the molecule is COCC(C)OC1CCCCCCC1Br. The van der Waals surface area contributed by atoms with Crippen LogP contribution in [0.3, 0.4) is 0 Å². The number of methoxy groups -OCH3 is 1. The molecule has 1 fully saturated rings. The molecule has 1 aliphatic carbocycles. The molecule has 0 aromatic carbocycles. The Hall–Kier alpha value is 0.400. The second-order valence-electron chi connectivity index (χ2n) is 4.45. The molecule has 15 heavy (non-hydrogen) atoms. The predicted molar refractivity (Wildman–Crippen MR) is 66.6 cm³/mol. The molecule has 0 N–H and O–H groups in total.